The molecule has 3 aromatic carbocycles. The van der Waals surface area contributed by atoms with Crippen molar-refractivity contribution in [1.29, 1.82) is 0 Å². The molecule has 0 aliphatic heterocycles. The lowest BCUT2D eigenvalue weighted by Crippen LogP contribution is -2.46. The zero-order valence-corrected chi connectivity index (χ0v) is 24.3. The van der Waals surface area contributed by atoms with Crippen LogP contribution in [0.15, 0.2) is 54.6 Å². The first-order valence-corrected chi connectivity index (χ1v) is 13.4. The first-order valence-electron chi connectivity index (χ1n) is 13.4. The first-order chi connectivity index (χ1) is 19.5. The fraction of sp³-hybridized carbons (Fsp3) is 0.375. The van der Waals surface area contributed by atoms with Gasteiger partial charge in [0.2, 0.25) is 0 Å². The Balaban J connectivity index is 1.89. The minimum atomic E-state index is -1.19. The third-order valence-corrected chi connectivity index (χ3v) is 6.17. The van der Waals surface area contributed by atoms with Crippen LogP contribution >= 0.6 is 0 Å². The number of rotatable bonds is 12. The van der Waals surface area contributed by atoms with Gasteiger partial charge < -0.3 is 24.3 Å². The van der Waals surface area contributed by atoms with E-state index in [4.69, 9.17) is 18.9 Å². The summed E-state index contributed by atoms with van der Waals surface area (Å²) in [6, 6.07) is 13.1. The van der Waals surface area contributed by atoms with Crippen molar-refractivity contribution >= 4 is 11.9 Å². The maximum Gasteiger partial charge on any atom is 0.329 e. The van der Waals surface area contributed by atoms with Crippen molar-refractivity contribution in [1.82, 2.24) is 5.32 Å². The molecule has 0 bridgehead atoms. The second-order valence-corrected chi connectivity index (χ2v) is 10.4. The van der Waals surface area contributed by atoms with Gasteiger partial charge in [-0.15, -0.1) is 0 Å². The highest BCUT2D eigenvalue weighted by atomic mass is 19.1. The summed E-state index contributed by atoms with van der Waals surface area (Å²) in [4.78, 5) is 25.8. The van der Waals surface area contributed by atoms with Gasteiger partial charge in [-0.25, -0.2) is 13.6 Å². The Bertz CT molecular complexity index is 1310. The summed E-state index contributed by atoms with van der Waals surface area (Å²) in [5.74, 6) is -2.56. The van der Waals surface area contributed by atoms with E-state index in [0.717, 1.165) is 34.9 Å². The lowest BCUT2D eigenvalue weighted by Gasteiger charge is -2.25. The molecule has 3 aromatic rings. The van der Waals surface area contributed by atoms with E-state index in [1.165, 1.54) is 0 Å². The van der Waals surface area contributed by atoms with Crippen molar-refractivity contribution < 1.29 is 37.3 Å². The van der Waals surface area contributed by atoms with Gasteiger partial charge >= 0.3 is 5.97 Å². The SMILES string of the molecule is CCOCCc1cc(OC)c(-c2ccc(C[C@H](NC(=O)c3c(F)cccc3F)C(=O)OC(C)(C)C)cc2)c(OC)c1. The monoisotopic (exact) mass is 569 g/mol. The fourth-order valence-electron chi connectivity index (χ4n) is 4.28. The second-order valence-electron chi connectivity index (χ2n) is 10.4. The van der Waals surface area contributed by atoms with Crippen LogP contribution in [0, 0.1) is 11.6 Å². The number of hydrogen-bond donors (Lipinski definition) is 1. The van der Waals surface area contributed by atoms with E-state index in [9.17, 15) is 18.4 Å². The van der Waals surface area contributed by atoms with Gasteiger partial charge in [0.25, 0.3) is 5.91 Å². The van der Waals surface area contributed by atoms with E-state index in [-0.39, 0.29) is 6.42 Å². The Morgan fingerprint density at radius 2 is 1.49 bits per heavy atom. The molecule has 1 atom stereocenters. The van der Waals surface area contributed by atoms with E-state index in [2.05, 4.69) is 5.32 Å². The molecule has 3 rings (SSSR count). The minimum absolute atomic E-state index is 0.0294. The number of methoxy groups -OCH3 is 2. The van der Waals surface area contributed by atoms with Crippen LogP contribution in [0.25, 0.3) is 11.1 Å². The molecule has 0 aliphatic carbocycles. The number of hydrogen-bond acceptors (Lipinski definition) is 6. The molecule has 0 fully saturated rings. The molecule has 0 saturated heterocycles. The molecule has 0 aromatic heterocycles. The lowest BCUT2D eigenvalue weighted by molar-refractivity contribution is -0.157. The molecule has 9 heteroatoms. The van der Waals surface area contributed by atoms with Gasteiger partial charge in [0.15, 0.2) is 0 Å². The number of ether oxygens (including phenoxy) is 4. The molecular weight excluding hydrogens is 532 g/mol. The van der Waals surface area contributed by atoms with Crippen LogP contribution in [-0.2, 0) is 27.1 Å². The smallest absolute Gasteiger partial charge is 0.329 e. The maximum atomic E-state index is 14.2. The predicted molar refractivity (Wildman–Crippen MR) is 152 cm³/mol. The molecule has 0 radical (unpaired) electrons. The zero-order chi connectivity index (χ0) is 30.2. The topological polar surface area (TPSA) is 83.1 Å². The quantitative estimate of drug-likeness (QED) is 0.216. The van der Waals surface area contributed by atoms with Gasteiger partial charge in [-0.2, -0.15) is 0 Å². The Kier molecular flexibility index (Phi) is 10.8. The molecule has 0 heterocycles. The Morgan fingerprint density at radius 1 is 0.902 bits per heavy atom. The van der Waals surface area contributed by atoms with Crippen molar-refractivity contribution in [2.75, 3.05) is 27.4 Å². The highest BCUT2D eigenvalue weighted by Crippen LogP contribution is 2.40. The number of esters is 1. The highest BCUT2D eigenvalue weighted by molar-refractivity contribution is 5.97. The molecule has 41 heavy (non-hydrogen) atoms. The first kappa shape index (κ1) is 31.5. The summed E-state index contributed by atoms with van der Waals surface area (Å²) in [6.07, 6.45) is 0.732. The van der Waals surface area contributed by atoms with Gasteiger partial charge in [-0.05, 0) is 75.1 Å². The van der Waals surface area contributed by atoms with Gasteiger partial charge in [-0.1, -0.05) is 30.3 Å². The lowest BCUT2D eigenvalue weighted by atomic mass is 9.97. The number of benzene rings is 3. The van der Waals surface area contributed by atoms with Crippen molar-refractivity contribution in [2.45, 2.75) is 52.2 Å². The number of carbonyl (C=O) groups excluding carboxylic acids is 2. The molecule has 0 saturated carbocycles. The molecule has 7 nitrogen and oxygen atoms in total. The van der Waals surface area contributed by atoms with Crippen LogP contribution in [0.4, 0.5) is 8.78 Å². The Hall–Kier alpha value is -3.98. The molecule has 1 amide bonds. The Labute approximate surface area is 239 Å². The standard InChI is InChI=1S/C32H37F2NO6/c1-7-40-16-15-21-18-26(38-5)28(27(19-21)39-6)22-13-11-20(12-14-22)17-25(31(37)41-32(2,3)4)35-30(36)29-23(33)9-8-10-24(29)34/h8-14,18-19,25H,7,15-17H2,1-6H3,(H,35,36)/t25-/m0/s1. The van der Waals surface area contributed by atoms with Crippen LogP contribution in [-0.4, -0.2) is 51.0 Å². The van der Waals surface area contributed by atoms with E-state index >= 15 is 0 Å². The van der Waals surface area contributed by atoms with E-state index in [1.807, 2.05) is 31.2 Å². The summed E-state index contributed by atoms with van der Waals surface area (Å²) >= 11 is 0. The van der Waals surface area contributed by atoms with Gasteiger partial charge in [-0.3, -0.25) is 4.79 Å². The van der Waals surface area contributed by atoms with Crippen molar-refractivity contribution in [2.24, 2.45) is 0 Å². The minimum Gasteiger partial charge on any atom is -0.496 e. The van der Waals surface area contributed by atoms with Crippen molar-refractivity contribution in [3.63, 3.8) is 0 Å². The maximum absolute atomic E-state index is 14.2. The third kappa shape index (κ3) is 8.50. The normalized spacial score (nSPS) is 12.0. The summed E-state index contributed by atoms with van der Waals surface area (Å²) in [7, 11) is 3.18. The Morgan fingerprint density at radius 3 is 2.00 bits per heavy atom. The number of nitrogens with one attached hydrogen (secondary N) is 1. The van der Waals surface area contributed by atoms with E-state index < -0.39 is 40.7 Å². The molecule has 1 N–H and O–H groups in total. The van der Waals surface area contributed by atoms with Crippen molar-refractivity contribution in [3.05, 3.63) is 82.9 Å². The predicted octanol–water partition coefficient (Wildman–Crippen LogP) is 5.91. The van der Waals surface area contributed by atoms with Crippen LogP contribution in [0.3, 0.4) is 0 Å². The molecule has 220 valence electrons. The van der Waals surface area contributed by atoms with Crippen LogP contribution in [0.5, 0.6) is 11.5 Å². The number of carbonyl (C=O) groups is 2. The molecule has 0 spiro atoms. The highest BCUT2D eigenvalue weighted by Gasteiger charge is 2.29. The second kappa shape index (κ2) is 14.1. The van der Waals surface area contributed by atoms with Crippen molar-refractivity contribution in [3.8, 4) is 22.6 Å². The van der Waals surface area contributed by atoms with Crippen LogP contribution in [0.2, 0.25) is 0 Å². The van der Waals surface area contributed by atoms with Crippen LogP contribution in [0.1, 0.15) is 49.2 Å². The zero-order valence-electron chi connectivity index (χ0n) is 24.3. The van der Waals surface area contributed by atoms with E-state index in [1.54, 1.807) is 47.1 Å². The molecular formula is C32H37F2NO6. The summed E-state index contributed by atoms with van der Waals surface area (Å²) in [6.45, 7) is 8.24. The third-order valence-electron chi connectivity index (χ3n) is 6.17. The summed E-state index contributed by atoms with van der Waals surface area (Å²) in [5, 5.41) is 2.45. The largest absolute Gasteiger partial charge is 0.496 e. The van der Waals surface area contributed by atoms with Gasteiger partial charge in [0, 0.05) is 13.0 Å². The molecule has 0 aliphatic rings. The summed E-state index contributed by atoms with van der Waals surface area (Å²) < 4.78 is 50.8. The number of amides is 1. The van der Waals surface area contributed by atoms with E-state index in [0.29, 0.717) is 36.7 Å². The fourth-order valence-corrected chi connectivity index (χ4v) is 4.28. The average Bonchev–Trinajstić information content (AvgIpc) is 2.91. The van der Waals surface area contributed by atoms with Crippen LogP contribution < -0.4 is 14.8 Å². The molecule has 0 unspecified atom stereocenters. The van der Waals surface area contributed by atoms with Gasteiger partial charge in [0.1, 0.15) is 40.3 Å². The number of halogens is 2. The average molecular weight is 570 g/mol. The van der Waals surface area contributed by atoms with Gasteiger partial charge in [0.05, 0.1) is 26.4 Å². The summed E-state index contributed by atoms with van der Waals surface area (Å²) in [5.41, 5.74) is 1.66.